The van der Waals surface area contributed by atoms with E-state index in [0.717, 1.165) is 25.2 Å². The monoisotopic (exact) mass is 424 g/mol. The van der Waals surface area contributed by atoms with Gasteiger partial charge in [0.05, 0.1) is 11.4 Å². The van der Waals surface area contributed by atoms with Crippen LogP contribution in [0.4, 0.5) is 23.2 Å². The molecule has 0 bridgehead atoms. The summed E-state index contributed by atoms with van der Waals surface area (Å²) in [5.41, 5.74) is -5.70. The number of oxime groups is 1. The minimum atomic E-state index is -5.62. The van der Waals surface area contributed by atoms with Gasteiger partial charge in [-0.3, -0.25) is 4.31 Å². The Morgan fingerprint density at radius 3 is 2.30 bits per heavy atom. The molecule has 0 heterocycles. The number of anilines is 1. The molecule has 0 saturated heterocycles. The van der Waals surface area contributed by atoms with E-state index in [4.69, 9.17) is 16.4 Å². The molecule has 0 fully saturated rings. The van der Waals surface area contributed by atoms with Crippen LogP contribution >= 0.6 is 11.6 Å². The molecule has 0 atom stereocenters. The van der Waals surface area contributed by atoms with Crippen molar-refractivity contribution in [2.75, 3.05) is 11.4 Å². The molecule has 2 aromatic rings. The minimum absolute atomic E-state index is 0.0138. The first-order chi connectivity index (χ1) is 12.4. The first-order valence-corrected chi connectivity index (χ1v) is 9.07. The van der Waals surface area contributed by atoms with E-state index < -0.39 is 21.3 Å². The minimum Gasteiger partial charge on any atom is -0.357 e. The molecule has 0 radical (unpaired) electrons. The lowest BCUT2D eigenvalue weighted by atomic mass is 10.1. The lowest BCUT2D eigenvalue weighted by molar-refractivity contribution is -0.0437. The third-order valence-electron chi connectivity index (χ3n) is 3.44. The predicted molar refractivity (Wildman–Crippen MR) is 94.1 cm³/mol. The second kappa shape index (κ2) is 7.73. The lowest BCUT2D eigenvalue weighted by Gasteiger charge is -2.23. The Morgan fingerprint density at radius 1 is 1.15 bits per heavy atom. The maximum absolute atomic E-state index is 12.9. The number of alkyl halides is 3. The van der Waals surface area contributed by atoms with Gasteiger partial charge >= 0.3 is 15.5 Å². The molecule has 146 valence electrons. The Morgan fingerprint density at radius 2 is 1.74 bits per heavy atom. The summed E-state index contributed by atoms with van der Waals surface area (Å²) in [5.74, 6) is -0.310. The van der Waals surface area contributed by atoms with Crippen molar-refractivity contribution in [1.29, 1.82) is 0 Å². The predicted octanol–water partition coefficient (Wildman–Crippen LogP) is 4.57. The van der Waals surface area contributed by atoms with Crippen LogP contribution in [0, 0.1) is 5.82 Å². The SMILES string of the molecule is C/C(=N\Oc1ccc(F)cc1)c1cc(Cl)ccc1N(C)S(=O)(=O)C(F)(F)F. The van der Waals surface area contributed by atoms with E-state index in [2.05, 4.69) is 5.16 Å². The largest absolute Gasteiger partial charge is 0.516 e. The molecule has 0 aromatic heterocycles. The Balaban J connectivity index is 2.43. The van der Waals surface area contributed by atoms with Crippen molar-refractivity contribution in [2.45, 2.75) is 12.4 Å². The molecule has 0 aliphatic heterocycles. The second-order valence-electron chi connectivity index (χ2n) is 5.30. The molecule has 0 aliphatic carbocycles. The topological polar surface area (TPSA) is 59.0 Å². The molecule has 0 saturated carbocycles. The van der Waals surface area contributed by atoms with E-state index >= 15 is 0 Å². The molecule has 0 unspecified atom stereocenters. The summed E-state index contributed by atoms with van der Waals surface area (Å²) in [6, 6.07) is 8.49. The van der Waals surface area contributed by atoms with E-state index in [-0.39, 0.29) is 32.0 Å². The van der Waals surface area contributed by atoms with Crippen LogP contribution in [0.2, 0.25) is 5.02 Å². The fourth-order valence-electron chi connectivity index (χ4n) is 2.02. The van der Waals surface area contributed by atoms with E-state index in [9.17, 15) is 26.0 Å². The smallest absolute Gasteiger partial charge is 0.357 e. The van der Waals surface area contributed by atoms with Crippen molar-refractivity contribution >= 4 is 33.0 Å². The van der Waals surface area contributed by atoms with E-state index in [0.29, 0.717) is 0 Å². The Bertz CT molecular complexity index is 961. The summed E-state index contributed by atoms with van der Waals surface area (Å²) < 4.78 is 74.9. The van der Waals surface area contributed by atoms with Crippen molar-refractivity contribution in [3.63, 3.8) is 0 Å². The molecule has 2 aromatic carbocycles. The highest BCUT2D eigenvalue weighted by Crippen LogP contribution is 2.33. The fraction of sp³-hybridized carbons (Fsp3) is 0.188. The highest BCUT2D eigenvalue weighted by atomic mass is 35.5. The van der Waals surface area contributed by atoms with Gasteiger partial charge in [-0.05, 0) is 49.4 Å². The summed E-state index contributed by atoms with van der Waals surface area (Å²) in [6.07, 6.45) is 0. The van der Waals surface area contributed by atoms with Crippen molar-refractivity contribution in [2.24, 2.45) is 5.16 Å². The van der Waals surface area contributed by atoms with Gasteiger partial charge < -0.3 is 4.84 Å². The zero-order chi connectivity index (χ0) is 20.4. The first kappa shape index (κ1) is 21.0. The van der Waals surface area contributed by atoms with Crippen molar-refractivity contribution < 1.29 is 30.8 Å². The van der Waals surface area contributed by atoms with Gasteiger partial charge in [-0.1, -0.05) is 16.8 Å². The average molecular weight is 425 g/mol. The quantitative estimate of drug-likeness (QED) is 0.401. The van der Waals surface area contributed by atoms with Gasteiger partial charge in [0.15, 0.2) is 5.75 Å². The van der Waals surface area contributed by atoms with Crippen LogP contribution in [-0.4, -0.2) is 26.7 Å². The van der Waals surface area contributed by atoms with Crippen LogP contribution in [-0.2, 0) is 10.0 Å². The van der Waals surface area contributed by atoms with E-state index in [1.165, 1.54) is 31.2 Å². The summed E-state index contributed by atoms with van der Waals surface area (Å²) in [4.78, 5) is 5.09. The number of halogens is 5. The van der Waals surface area contributed by atoms with Crippen LogP contribution in [0.1, 0.15) is 12.5 Å². The fourth-order valence-corrected chi connectivity index (χ4v) is 2.92. The number of hydrogen-bond acceptors (Lipinski definition) is 4. The number of nitrogens with zero attached hydrogens (tertiary/aromatic N) is 2. The maximum atomic E-state index is 12.9. The molecule has 5 nitrogen and oxygen atoms in total. The van der Waals surface area contributed by atoms with Crippen molar-refractivity contribution in [3.05, 3.63) is 58.9 Å². The van der Waals surface area contributed by atoms with Gasteiger partial charge in [0.2, 0.25) is 0 Å². The molecule has 0 N–H and O–H groups in total. The van der Waals surface area contributed by atoms with Crippen LogP contribution in [0.15, 0.2) is 47.6 Å². The van der Waals surface area contributed by atoms with Crippen LogP contribution in [0.25, 0.3) is 0 Å². The van der Waals surface area contributed by atoms with Gasteiger partial charge in [0.1, 0.15) is 5.82 Å². The number of benzene rings is 2. The van der Waals surface area contributed by atoms with Crippen LogP contribution < -0.4 is 9.14 Å². The summed E-state index contributed by atoms with van der Waals surface area (Å²) in [5, 5.41) is 3.91. The first-order valence-electron chi connectivity index (χ1n) is 7.26. The lowest BCUT2D eigenvalue weighted by Crippen LogP contribution is -2.38. The zero-order valence-corrected chi connectivity index (χ0v) is 15.5. The molecule has 0 aliphatic rings. The normalized spacial score (nSPS) is 12.8. The molecular weight excluding hydrogens is 412 g/mol. The van der Waals surface area contributed by atoms with Gasteiger partial charge in [-0.2, -0.15) is 21.6 Å². The van der Waals surface area contributed by atoms with Crippen molar-refractivity contribution in [3.8, 4) is 5.75 Å². The summed E-state index contributed by atoms with van der Waals surface area (Å²) in [6.45, 7) is 1.40. The van der Waals surface area contributed by atoms with E-state index in [1.54, 1.807) is 0 Å². The number of sulfonamides is 1. The zero-order valence-electron chi connectivity index (χ0n) is 14.0. The van der Waals surface area contributed by atoms with Gasteiger partial charge in [-0.25, -0.2) is 4.39 Å². The average Bonchev–Trinajstić information content (AvgIpc) is 2.59. The Hall–Kier alpha value is -2.33. The van der Waals surface area contributed by atoms with Gasteiger partial charge in [0.25, 0.3) is 0 Å². The van der Waals surface area contributed by atoms with Gasteiger partial charge in [0, 0.05) is 17.6 Å². The molecule has 0 spiro atoms. The maximum Gasteiger partial charge on any atom is 0.516 e. The highest BCUT2D eigenvalue weighted by Gasteiger charge is 2.49. The third-order valence-corrected chi connectivity index (χ3v) is 5.18. The third kappa shape index (κ3) is 4.69. The Kier molecular flexibility index (Phi) is 6.01. The Labute approximate surface area is 157 Å². The van der Waals surface area contributed by atoms with Crippen LogP contribution in [0.3, 0.4) is 0 Å². The number of hydrogen-bond donors (Lipinski definition) is 0. The molecule has 0 amide bonds. The molecule has 11 heteroatoms. The van der Waals surface area contributed by atoms with Crippen LogP contribution in [0.5, 0.6) is 5.75 Å². The van der Waals surface area contributed by atoms with E-state index in [1.807, 2.05) is 0 Å². The van der Waals surface area contributed by atoms with Crippen molar-refractivity contribution in [1.82, 2.24) is 0 Å². The molecule has 27 heavy (non-hydrogen) atoms. The second-order valence-corrected chi connectivity index (χ2v) is 7.70. The summed E-state index contributed by atoms with van der Waals surface area (Å²) in [7, 11) is -4.85. The molecular formula is C16H13ClF4N2O3S. The molecule has 2 rings (SSSR count). The summed E-state index contributed by atoms with van der Waals surface area (Å²) >= 11 is 5.88. The standard InChI is InChI=1S/C16H13ClF4N2O3S/c1-10(22-26-13-6-4-12(18)5-7-13)14-9-11(17)3-8-15(14)23(2)27(24,25)16(19,20)21/h3-9H,1-2H3/b22-10+. The van der Waals surface area contributed by atoms with Gasteiger partial charge in [-0.15, -0.1) is 0 Å². The highest BCUT2D eigenvalue weighted by molar-refractivity contribution is 7.93. The number of rotatable bonds is 5.